The van der Waals surface area contributed by atoms with Crippen molar-refractivity contribution in [1.82, 2.24) is 15.6 Å². The number of carbonyl (C=O) groups excluding carboxylic acids is 1. The smallest absolute Gasteiger partial charge is 0.251 e. The molecule has 0 atom stereocenters. The van der Waals surface area contributed by atoms with Crippen LogP contribution in [-0.4, -0.2) is 24.0 Å². The summed E-state index contributed by atoms with van der Waals surface area (Å²) in [6.07, 6.45) is 6.12. The van der Waals surface area contributed by atoms with Gasteiger partial charge in [-0.15, -0.1) is 0 Å². The lowest BCUT2D eigenvalue weighted by molar-refractivity contribution is 0.0954. The van der Waals surface area contributed by atoms with Gasteiger partial charge < -0.3 is 19.8 Å². The average molecular weight is 679 g/mol. The fraction of sp³-hybridized carbons (Fsp3) is 0.205. The minimum absolute atomic E-state index is 0.174. The van der Waals surface area contributed by atoms with E-state index < -0.39 is 0 Å². The Morgan fingerprint density at radius 3 is 2.12 bits per heavy atom. The number of nitrogens with zero attached hydrogens (tertiary/aromatic N) is 2. The summed E-state index contributed by atoms with van der Waals surface area (Å²) in [5.74, 6) is 1.79. The van der Waals surface area contributed by atoms with Crippen molar-refractivity contribution in [3.05, 3.63) is 150 Å². The Hall–Kier alpha value is -6.13. The van der Waals surface area contributed by atoms with Gasteiger partial charge in [0.05, 0.1) is 23.6 Å². The summed E-state index contributed by atoms with van der Waals surface area (Å²) >= 11 is 0. The first-order chi connectivity index (χ1) is 24.7. The normalized spacial score (nSPS) is 11.2. The highest BCUT2D eigenvalue weighted by Crippen LogP contribution is 2.34. The zero-order valence-electron chi connectivity index (χ0n) is 30.2. The van der Waals surface area contributed by atoms with Crippen molar-refractivity contribution in [1.29, 1.82) is 5.26 Å². The number of aryl methyl sites for hydroxylation is 1. The molecule has 5 aromatic rings. The van der Waals surface area contributed by atoms with Crippen LogP contribution in [0.4, 0.5) is 0 Å². The Bertz CT molecular complexity index is 2010. The number of amides is 1. The van der Waals surface area contributed by atoms with Crippen LogP contribution in [0.2, 0.25) is 0 Å². The van der Waals surface area contributed by atoms with Crippen molar-refractivity contribution in [2.75, 3.05) is 13.1 Å². The number of rotatable bonds is 9. The van der Waals surface area contributed by atoms with Crippen molar-refractivity contribution in [3.8, 4) is 45.7 Å². The van der Waals surface area contributed by atoms with Crippen LogP contribution >= 0.6 is 0 Å². The van der Waals surface area contributed by atoms with Gasteiger partial charge in [0.25, 0.3) is 5.91 Å². The van der Waals surface area contributed by atoms with Crippen LogP contribution in [0.15, 0.2) is 132 Å². The molecule has 2 aromatic heterocycles. The van der Waals surface area contributed by atoms with Gasteiger partial charge >= 0.3 is 0 Å². The van der Waals surface area contributed by atoms with Gasteiger partial charge in [-0.25, -0.2) is 4.98 Å². The van der Waals surface area contributed by atoms with Crippen molar-refractivity contribution < 1.29 is 13.9 Å². The molecular formula is C44H46N4O3. The Kier molecular flexibility index (Phi) is 13.7. The molecule has 1 aliphatic heterocycles. The van der Waals surface area contributed by atoms with E-state index in [0.29, 0.717) is 47.1 Å². The molecule has 0 unspecified atom stereocenters. The van der Waals surface area contributed by atoms with E-state index in [1.165, 1.54) is 12.8 Å². The number of fused-ring (bicyclic) bond motifs is 1. The first kappa shape index (κ1) is 37.7. The van der Waals surface area contributed by atoms with Gasteiger partial charge in [0, 0.05) is 41.1 Å². The van der Waals surface area contributed by atoms with Gasteiger partial charge in [0.2, 0.25) is 0 Å². The summed E-state index contributed by atoms with van der Waals surface area (Å²) in [4.78, 5) is 17.7. The standard InChI is InChI=1S/C38H30N4O3.2C3H8/c1-24-6-9-31-20-33(26(3)45-37(31)19-24)25(2)40-16-17-41-38(43)30-14-12-28(13-15-30)32-21-34(29-10-7-27(23-39)8-11-29)42-35(22-32)36-5-4-18-44-36;2*1-3-2/h4-15,18-22,40H,2-3,16-17H2,1H3,(H,41,43);2*3H2,1-2H3. The van der Waals surface area contributed by atoms with E-state index >= 15 is 0 Å². The molecule has 6 rings (SSSR count). The van der Waals surface area contributed by atoms with E-state index in [1.807, 2.05) is 79.7 Å². The molecule has 3 heterocycles. The third-order valence-electron chi connectivity index (χ3n) is 7.47. The summed E-state index contributed by atoms with van der Waals surface area (Å²) < 4.78 is 11.5. The summed E-state index contributed by atoms with van der Waals surface area (Å²) in [5.41, 5.74) is 8.85. The van der Waals surface area contributed by atoms with E-state index in [9.17, 15) is 10.1 Å². The summed E-state index contributed by atoms with van der Waals surface area (Å²) in [6, 6.07) is 30.5. The average Bonchev–Trinajstić information content (AvgIpc) is 3.69. The SMILES string of the molecule is C=C(NCCNC(=O)c1ccc(-c2cc(-c3ccc(C#N)cc3)nc(-c3ccco3)c2)cc1)C1=Cc2ccc(C)cc2OC1=C.CCC.CCC. The number of nitriles is 1. The lowest BCUT2D eigenvalue weighted by atomic mass is 10.00. The van der Waals surface area contributed by atoms with E-state index in [-0.39, 0.29) is 5.91 Å². The Morgan fingerprint density at radius 1 is 0.824 bits per heavy atom. The summed E-state index contributed by atoms with van der Waals surface area (Å²) in [6.45, 7) is 19.6. The molecule has 2 N–H and O–H groups in total. The number of carbonyl (C=O) groups is 1. The van der Waals surface area contributed by atoms with E-state index in [4.69, 9.17) is 14.1 Å². The maximum Gasteiger partial charge on any atom is 0.251 e. The molecule has 51 heavy (non-hydrogen) atoms. The Balaban J connectivity index is 0.000000909. The van der Waals surface area contributed by atoms with Crippen molar-refractivity contribution in [3.63, 3.8) is 0 Å². The van der Waals surface area contributed by atoms with Gasteiger partial charge in [-0.2, -0.15) is 5.26 Å². The summed E-state index contributed by atoms with van der Waals surface area (Å²) in [5, 5.41) is 15.4. The van der Waals surface area contributed by atoms with Gasteiger partial charge in [-0.05, 0) is 84.3 Å². The second-order valence-electron chi connectivity index (χ2n) is 12.1. The fourth-order valence-electron chi connectivity index (χ4n) is 5.04. The van der Waals surface area contributed by atoms with Crippen LogP contribution in [-0.2, 0) is 0 Å². The molecule has 7 nitrogen and oxygen atoms in total. The fourth-order valence-corrected chi connectivity index (χ4v) is 5.04. The highest BCUT2D eigenvalue weighted by atomic mass is 16.5. The molecule has 0 fully saturated rings. The number of benzene rings is 3. The predicted octanol–water partition coefficient (Wildman–Crippen LogP) is 10.5. The maximum absolute atomic E-state index is 12.9. The molecule has 0 aliphatic carbocycles. The predicted molar refractivity (Wildman–Crippen MR) is 208 cm³/mol. The van der Waals surface area contributed by atoms with Crippen LogP contribution in [0.25, 0.3) is 39.9 Å². The number of nitrogens with one attached hydrogen (secondary N) is 2. The lowest BCUT2D eigenvalue weighted by Gasteiger charge is -2.22. The zero-order chi connectivity index (χ0) is 36.8. The highest BCUT2D eigenvalue weighted by Gasteiger charge is 2.18. The number of hydrogen-bond donors (Lipinski definition) is 2. The first-order valence-corrected chi connectivity index (χ1v) is 17.3. The quantitative estimate of drug-likeness (QED) is 0.151. The van der Waals surface area contributed by atoms with E-state index in [0.717, 1.165) is 44.8 Å². The lowest BCUT2D eigenvalue weighted by Crippen LogP contribution is -2.32. The third kappa shape index (κ3) is 10.2. The summed E-state index contributed by atoms with van der Waals surface area (Å²) in [7, 11) is 0. The first-order valence-electron chi connectivity index (χ1n) is 17.3. The number of ether oxygens (including phenoxy) is 1. The molecule has 0 bridgehead atoms. The van der Waals surface area contributed by atoms with Crippen LogP contribution in [0, 0.1) is 18.3 Å². The molecule has 260 valence electrons. The van der Waals surface area contributed by atoms with Crippen molar-refractivity contribution in [2.45, 2.75) is 47.5 Å². The molecule has 7 heteroatoms. The topological polar surface area (TPSA) is 100 Å². The highest BCUT2D eigenvalue weighted by molar-refractivity contribution is 5.94. The molecule has 0 spiro atoms. The van der Waals surface area contributed by atoms with Crippen LogP contribution in [0.3, 0.4) is 0 Å². The van der Waals surface area contributed by atoms with Gasteiger partial charge in [-0.3, -0.25) is 4.79 Å². The Morgan fingerprint density at radius 2 is 1.47 bits per heavy atom. The van der Waals surface area contributed by atoms with Crippen molar-refractivity contribution in [2.24, 2.45) is 0 Å². The minimum Gasteiger partial charge on any atom is -0.463 e. The third-order valence-corrected chi connectivity index (χ3v) is 7.47. The molecule has 0 saturated heterocycles. The second kappa shape index (κ2) is 18.6. The number of aromatic nitrogens is 1. The molecule has 3 aromatic carbocycles. The number of furan rings is 1. The number of pyridine rings is 1. The minimum atomic E-state index is -0.174. The Labute approximate surface area is 302 Å². The molecule has 1 aliphatic rings. The van der Waals surface area contributed by atoms with E-state index in [2.05, 4.69) is 57.6 Å². The molecule has 1 amide bonds. The molecule has 0 saturated carbocycles. The zero-order valence-corrected chi connectivity index (χ0v) is 30.2. The maximum atomic E-state index is 12.9. The molecular weight excluding hydrogens is 633 g/mol. The monoisotopic (exact) mass is 678 g/mol. The number of hydrogen-bond acceptors (Lipinski definition) is 6. The van der Waals surface area contributed by atoms with E-state index in [1.54, 1.807) is 30.5 Å². The van der Waals surface area contributed by atoms with Crippen LogP contribution in [0.1, 0.15) is 67.6 Å². The van der Waals surface area contributed by atoms with Crippen molar-refractivity contribution >= 4 is 12.0 Å². The van der Waals surface area contributed by atoms with Gasteiger partial charge in [0.15, 0.2) is 5.76 Å². The largest absolute Gasteiger partial charge is 0.463 e. The van der Waals surface area contributed by atoms with Crippen LogP contribution < -0.4 is 15.4 Å². The van der Waals surface area contributed by atoms with Gasteiger partial charge in [-0.1, -0.05) is 90.1 Å². The van der Waals surface area contributed by atoms with Gasteiger partial charge in [0.1, 0.15) is 17.2 Å². The second-order valence-corrected chi connectivity index (χ2v) is 12.1. The molecule has 0 radical (unpaired) electrons. The van der Waals surface area contributed by atoms with Crippen LogP contribution in [0.5, 0.6) is 5.75 Å².